The average Bonchev–Trinajstić information content (AvgIpc) is 2.87. The van der Waals surface area contributed by atoms with Crippen LogP contribution < -0.4 is 20.3 Å². The predicted octanol–water partition coefficient (Wildman–Crippen LogP) is 2.22. The summed E-state index contributed by atoms with van der Waals surface area (Å²) in [4.78, 5) is 44.4. The van der Waals surface area contributed by atoms with Crippen LogP contribution in [-0.4, -0.2) is 86.0 Å². The molecule has 3 amide bonds. The van der Waals surface area contributed by atoms with Crippen molar-refractivity contribution in [2.75, 3.05) is 62.6 Å². The number of carbonyl (C=O) groups excluding carboxylic acids is 3. The molecule has 2 aliphatic rings. The second kappa shape index (κ2) is 12.1. The van der Waals surface area contributed by atoms with Gasteiger partial charge in [-0.1, -0.05) is 17.7 Å². The van der Waals surface area contributed by atoms with Gasteiger partial charge in [0.05, 0.1) is 19.6 Å². The Morgan fingerprint density at radius 1 is 1.08 bits per heavy atom. The van der Waals surface area contributed by atoms with Crippen molar-refractivity contribution in [3.05, 3.63) is 53.6 Å². The minimum absolute atomic E-state index is 0.104. The normalized spacial score (nSPS) is 18.5. The van der Waals surface area contributed by atoms with E-state index < -0.39 is 6.04 Å². The number of hydrogen-bond acceptors (Lipinski definition) is 6. The van der Waals surface area contributed by atoms with E-state index in [-0.39, 0.29) is 30.7 Å². The molecule has 2 N–H and O–H groups in total. The number of nitrogens with one attached hydrogen (secondary N) is 2. The van der Waals surface area contributed by atoms with E-state index in [0.29, 0.717) is 36.2 Å². The largest absolute Gasteiger partial charge is 0.494 e. The van der Waals surface area contributed by atoms with E-state index in [9.17, 15) is 14.4 Å². The summed E-state index contributed by atoms with van der Waals surface area (Å²) in [6.45, 7) is 6.45. The number of amides is 3. The number of benzene rings is 2. The number of rotatable bonds is 8. The molecule has 0 spiro atoms. The summed E-state index contributed by atoms with van der Waals surface area (Å²) in [6.07, 6.45) is -0.104. The van der Waals surface area contributed by atoms with E-state index >= 15 is 0 Å². The second-order valence-electron chi connectivity index (χ2n) is 8.85. The van der Waals surface area contributed by atoms with Gasteiger partial charge in [0, 0.05) is 55.7 Å². The number of anilines is 2. The SMILES string of the molecule is CCOc1ccc(NC(=O)C[C@H]2C(=O)NCCN2C(=O)CN2CCN(c3cccc(Cl)c3)CC2)cc1. The fraction of sp³-hybridized carbons (Fsp3) is 0.423. The van der Waals surface area contributed by atoms with Gasteiger partial charge >= 0.3 is 0 Å². The second-order valence-corrected chi connectivity index (χ2v) is 9.28. The van der Waals surface area contributed by atoms with Gasteiger partial charge in [0.2, 0.25) is 17.7 Å². The van der Waals surface area contributed by atoms with E-state index in [1.54, 1.807) is 29.2 Å². The van der Waals surface area contributed by atoms with Crippen LogP contribution in [0, 0.1) is 0 Å². The summed E-state index contributed by atoms with van der Waals surface area (Å²) >= 11 is 6.12. The van der Waals surface area contributed by atoms with E-state index in [4.69, 9.17) is 16.3 Å². The molecule has 9 nitrogen and oxygen atoms in total. The van der Waals surface area contributed by atoms with Crippen LogP contribution >= 0.6 is 11.6 Å². The number of ether oxygens (including phenoxy) is 1. The monoisotopic (exact) mass is 513 g/mol. The Labute approximate surface area is 216 Å². The molecule has 0 radical (unpaired) electrons. The Balaban J connectivity index is 1.31. The van der Waals surface area contributed by atoms with Crippen LogP contribution in [0.15, 0.2) is 48.5 Å². The Kier molecular flexibility index (Phi) is 8.66. The van der Waals surface area contributed by atoms with Gasteiger partial charge < -0.3 is 25.2 Å². The molecule has 2 aromatic carbocycles. The van der Waals surface area contributed by atoms with Crippen molar-refractivity contribution in [2.24, 2.45) is 0 Å². The molecule has 0 unspecified atom stereocenters. The lowest BCUT2D eigenvalue weighted by Crippen LogP contribution is -2.60. The molecule has 2 aromatic rings. The first-order chi connectivity index (χ1) is 17.4. The molecule has 10 heteroatoms. The molecule has 2 aliphatic heterocycles. The van der Waals surface area contributed by atoms with Crippen molar-refractivity contribution in [1.29, 1.82) is 0 Å². The lowest BCUT2D eigenvalue weighted by Gasteiger charge is -2.39. The van der Waals surface area contributed by atoms with Crippen molar-refractivity contribution in [2.45, 2.75) is 19.4 Å². The Morgan fingerprint density at radius 2 is 1.83 bits per heavy atom. The predicted molar refractivity (Wildman–Crippen MR) is 139 cm³/mol. The van der Waals surface area contributed by atoms with Crippen LogP contribution in [0.5, 0.6) is 5.75 Å². The fourth-order valence-corrected chi connectivity index (χ4v) is 4.71. The highest BCUT2D eigenvalue weighted by Crippen LogP contribution is 2.21. The topological polar surface area (TPSA) is 94.2 Å². The van der Waals surface area contributed by atoms with Crippen LogP contribution in [0.1, 0.15) is 13.3 Å². The van der Waals surface area contributed by atoms with Gasteiger partial charge in [-0.25, -0.2) is 0 Å². The van der Waals surface area contributed by atoms with Crippen LogP contribution in [0.4, 0.5) is 11.4 Å². The number of halogens is 1. The zero-order valence-corrected chi connectivity index (χ0v) is 21.2. The first-order valence-electron chi connectivity index (χ1n) is 12.3. The van der Waals surface area contributed by atoms with Crippen molar-refractivity contribution < 1.29 is 19.1 Å². The Morgan fingerprint density at radius 3 is 2.53 bits per heavy atom. The highest BCUT2D eigenvalue weighted by molar-refractivity contribution is 6.30. The first kappa shape index (κ1) is 25.8. The molecule has 192 valence electrons. The van der Waals surface area contributed by atoms with E-state index in [1.807, 2.05) is 31.2 Å². The van der Waals surface area contributed by atoms with Gasteiger partial charge in [-0.3, -0.25) is 19.3 Å². The highest BCUT2D eigenvalue weighted by atomic mass is 35.5. The van der Waals surface area contributed by atoms with Gasteiger partial charge in [0.15, 0.2) is 0 Å². The number of piperazine rings is 2. The average molecular weight is 514 g/mol. The van der Waals surface area contributed by atoms with Crippen LogP contribution in [0.3, 0.4) is 0 Å². The van der Waals surface area contributed by atoms with Crippen molar-refractivity contribution >= 4 is 40.7 Å². The van der Waals surface area contributed by atoms with Gasteiger partial charge in [-0.05, 0) is 49.4 Å². The number of nitrogens with zero attached hydrogens (tertiary/aromatic N) is 3. The molecule has 0 saturated carbocycles. The smallest absolute Gasteiger partial charge is 0.243 e. The Hall–Kier alpha value is -3.30. The Bertz CT molecular complexity index is 1070. The highest BCUT2D eigenvalue weighted by Gasteiger charge is 2.35. The third-order valence-corrected chi connectivity index (χ3v) is 6.62. The van der Waals surface area contributed by atoms with Gasteiger partial charge in [-0.2, -0.15) is 0 Å². The van der Waals surface area contributed by atoms with E-state index in [2.05, 4.69) is 20.4 Å². The zero-order chi connectivity index (χ0) is 25.5. The van der Waals surface area contributed by atoms with E-state index in [0.717, 1.165) is 31.9 Å². The number of hydrogen-bond donors (Lipinski definition) is 2. The molecule has 2 saturated heterocycles. The lowest BCUT2D eigenvalue weighted by atomic mass is 10.1. The molecule has 2 fully saturated rings. The molecule has 4 rings (SSSR count). The van der Waals surface area contributed by atoms with Gasteiger partial charge in [0.25, 0.3) is 0 Å². The van der Waals surface area contributed by atoms with Crippen molar-refractivity contribution in [3.63, 3.8) is 0 Å². The third kappa shape index (κ3) is 6.67. The molecule has 1 atom stereocenters. The minimum atomic E-state index is -0.832. The standard InChI is InChI=1S/C26H32ClN5O4/c1-2-36-22-8-6-20(7-9-22)29-24(33)17-23-26(35)28-10-11-32(23)25(34)18-30-12-14-31(15-13-30)21-5-3-4-19(27)16-21/h3-9,16,23H,2,10-15,17-18H2,1H3,(H,28,35)(H,29,33)/t23-/m0/s1. The summed E-state index contributed by atoms with van der Waals surface area (Å²) < 4.78 is 5.42. The summed E-state index contributed by atoms with van der Waals surface area (Å²) in [7, 11) is 0. The maximum Gasteiger partial charge on any atom is 0.243 e. The molecule has 0 aliphatic carbocycles. The summed E-state index contributed by atoms with van der Waals surface area (Å²) in [5.74, 6) is -0.0522. The van der Waals surface area contributed by atoms with Gasteiger partial charge in [0.1, 0.15) is 11.8 Å². The summed E-state index contributed by atoms with van der Waals surface area (Å²) in [6, 6.07) is 14.0. The molecule has 36 heavy (non-hydrogen) atoms. The summed E-state index contributed by atoms with van der Waals surface area (Å²) in [5, 5.41) is 6.29. The van der Waals surface area contributed by atoms with E-state index in [1.165, 1.54) is 0 Å². The molecule has 0 bridgehead atoms. The minimum Gasteiger partial charge on any atom is -0.494 e. The summed E-state index contributed by atoms with van der Waals surface area (Å²) in [5.41, 5.74) is 1.68. The quantitative estimate of drug-likeness (QED) is 0.562. The first-order valence-corrected chi connectivity index (χ1v) is 12.6. The third-order valence-electron chi connectivity index (χ3n) is 6.38. The molecule has 2 heterocycles. The van der Waals surface area contributed by atoms with Crippen LogP contribution in [0.2, 0.25) is 5.02 Å². The molecule has 0 aromatic heterocycles. The molecular formula is C26H32ClN5O4. The van der Waals surface area contributed by atoms with Crippen LogP contribution in [-0.2, 0) is 14.4 Å². The van der Waals surface area contributed by atoms with Crippen LogP contribution in [0.25, 0.3) is 0 Å². The van der Waals surface area contributed by atoms with Gasteiger partial charge in [-0.15, -0.1) is 0 Å². The van der Waals surface area contributed by atoms with Crippen molar-refractivity contribution in [3.8, 4) is 5.75 Å². The maximum atomic E-state index is 13.2. The van der Waals surface area contributed by atoms with Crippen molar-refractivity contribution in [1.82, 2.24) is 15.1 Å². The fourth-order valence-electron chi connectivity index (χ4n) is 4.52. The maximum absolute atomic E-state index is 13.2. The molecular weight excluding hydrogens is 482 g/mol. The zero-order valence-electron chi connectivity index (χ0n) is 20.4. The number of carbonyl (C=O) groups is 3. The lowest BCUT2D eigenvalue weighted by molar-refractivity contribution is -0.145.